The van der Waals surface area contributed by atoms with Gasteiger partial charge in [-0.05, 0) is 97.5 Å². The number of benzene rings is 2. The summed E-state index contributed by atoms with van der Waals surface area (Å²) in [6.45, 7) is 8.35. The minimum Gasteiger partial charge on any atom is -0.495 e. The third-order valence-corrected chi connectivity index (χ3v) is 15.0. The summed E-state index contributed by atoms with van der Waals surface area (Å²) >= 11 is 0. The number of imide groups is 1. The van der Waals surface area contributed by atoms with Gasteiger partial charge in [0, 0.05) is 124 Å². The molecule has 0 saturated carbocycles. The van der Waals surface area contributed by atoms with Gasteiger partial charge in [-0.3, -0.25) is 29.2 Å². The molecule has 2 aromatic carbocycles. The van der Waals surface area contributed by atoms with Crippen LogP contribution >= 0.6 is 0 Å². The molecule has 6 aliphatic rings. The van der Waals surface area contributed by atoms with E-state index in [1.54, 1.807) is 49.7 Å². The lowest BCUT2D eigenvalue weighted by Crippen LogP contribution is -2.52. The van der Waals surface area contributed by atoms with E-state index in [0.717, 1.165) is 104 Å². The van der Waals surface area contributed by atoms with Gasteiger partial charge in [-0.1, -0.05) is 0 Å². The highest BCUT2D eigenvalue weighted by Crippen LogP contribution is 2.46. The van der Waals surface area contributed by atoms with Gasteiger partial charge in [-0.2, -0.15) is 5.10 Å². The number of hydrogen-bond acceptors (Lipinski definition) is 10. The van der Waals surface area contributed by atoms with Crippen molar-refractivity contribution in [2.45, 2.75) is 89.9 Å². The Kier molecular flexibility index (Phi) is 10.8. The van der Waals surface area contributed by atoms with Gasteiger partial charge in [0.1, 0.15) is 17.4 Å². The number of aryl methyl sites for hydroxylation is 1. The van der Waals surface area contributed by atoms with E-state index >= 15 is 8.78 Å². The van der Waals surface area contributed by atoms with Crippen molar-refractivity contribution in [1.82, 2.24) is 39.2 Å². The van der Waals surface area contributed by atoms with Crippen molar-refractivity contribution in [3.8, 4) is 16.9 Å². The zero-order valence-electron chi connectivity index (χ0n) is 37.3. The Labute approximate surface area is 381 Å². The number of amides is 4. The smallest absolute Gasteiger partial charge is 0.264 e. The Morgan fingerprint density at radius 1 is 0.909 bits per heavy atom. The van der Waals surface area contributed by atoms with Gasteiger partial charge in [-0.15, -0.1) is 0 Å². The number of carbonyl (C=O) groups is 4. The summed E-state index contributed by atoms with van der Waals surface area (Å²) in [6, 6.07) is 10.9. The molecule has 15 nitrogen and oxygen atoms in total. The van der Waals surface area contributed by atoms with Crippen LogP contribution in [0.5, 0.6) is 5.75 Å². The third-order valence-electron chi connectivity index (χ3n) is 15.0. The largest absolute Gasteiger partial charge is 0.495 e. The minimum absolute atomic E-state index is 0.00731. The van der Waals surface area contributed by atoms with Crippen molar-refractivity contribution in [1.29, 1.82) is 0 Å². The van der Waals surface area contributed by atoms with Crippen LogP contribution in [-0.2, 0) is 40.3 Å². The van der Waals surface area contributed by atoms with Gasteiger partial charge in [0.2, 0.25) is 17.7 Å². The summed E-state index contributed by atoms with van der Waals surface area (Å²) in [4.78, 5) is 65.3. The molecule has 2 atom stereocenters. The van der Waals surface area contributed by atoms with Gasteiger partial charge in [-0.25, -0.2) is 13.8 Å². The Morgan fingerprint density at radius 3 is 2.55 bits per heavy atom. The fraction of sp³-hybridized carbons (Fsp3) is 0.469. The summed E-state index contributed by atoms with van der Waals surface area (Å²) in [7, 11) is 1.55. The van der Waals surface area contributed by atoms with E-state index < -0.39 is 18.4 Å². The van der Waals surface area contributed by atoms with Gasteiger partial charge in [0.05, 0.1) is 25.9 Å². The number of pyridine rings is 1. The number of piperidine rings is 2. The van der Waals surface area contributed by atoms with Crippen molar-refractivity contribution < 1.29 is 32.7 Å². The molecule has 3 saturated heterocycles. The molecule has 17 heteroatoms. The van der Waals surface area contributed by atoms with E-state index in [1.165, 1.54) is 0 Å². The maximum Gasteiger partial charge on any atom is 0.264 e. The molecule has 3 aromatic heterocycles. The molecule has 0 aliphatic carbocycles. The highest BCUT2D eigenvalue weighted by atomic mass is 19.3. The van der Waals surface area contributed by atoms with Crippen molar-refractivity contribution in [2.24, 2.45) is 5.92 Å². The number of anilines is 3. The first-order valence-corrected chi connectivity index (χ1v) is 23.4. The maximum atomic E-state index is 15.2. The third kappa shape index (κ3) is 7.44. The summed E-state index contributed by atoms with van der Waals surface area (Å²) < 4.78 is 40.1. The average molecular weight is 901 g/mol. The Morgan fingerprint density at radius 2 is 1.76 bits per heavy atom. The number of halogens is 2. The summed E-state index contributed by atoms with van der Waals surface area (Å²) in [6.07, 6.45) is 8.25. The molecule has 0 bridgehead atoms. The average Bonchev–Trinajstić information content (AvgIpc) is 4.13. The highest BCUT2D eigenvalue weighted by Gasteiger charge is 2.40. The number of aromatic nitrogens is 4. The quantitative estimate of drug-likeness (QED) is 0.174. The van der Waals surface area contributed by atoms with Crippen LogP contribution in [0, 0.1) is 5.92 Å². The van der Waals surface area contributed by atoms with Gasteiger partial charge < -0.3 is 33.6 Å². The van der Waals surface area contributed by atoms with Crippen LogP contribution < -0.4 is 19.9 Å². The first kappa shape index (κ1) is 42.3. The van der Waals surface area contributed by atoms with Crippen LogP contribution in [0.4, 0.5) is 26.0 Å². The molecule has 344 valence electrons. The summed E-state index contributed by atoms with van der Waals surface area (Å²) in [5, 5.41) is 7.77. The normalized spacial score (nSPS) is 21.5. The van der Waals surface area contributed by atoms with Gasteiger partial charge in [0.25, 0.3) is 12.3 Å². The van der Waals surface area contributed by atoms with Crippen molar-refractivity contribution in [3.05, 3.63) is 88.5 Å². The van der Waals surface area contributed by atoms with Crippen LogP contribution in [0.25, 0.3) is 16.8 Å². The second-order valence-corrected chi connectivity index (χ2v) is 18.8. The van der Waals surface area contributed by atoms with Crippen LogP contribution in [0.15, 0.2) is 55.0 Å². The first-order valence-electron chi connectivity index (χ1n) is 23.4. The van der Waals surface area contributed by atoms with Crippen LogP contribution in [0.1, 0.15) is 96.2 Å². The Bertz CT molecular complexity index is 2780. The molecule has 4 amide bonds. The predicted molar refractivity (Wildman–Crippen MR) is 242 cm³/mol. The maximum absolute atomic E-state index is 15.2. The number of hydrogen-bond donors (Lipinski definition) is 1. The number of fused-ring (bicyclic) bond motifs is 4. The molecular formula is C49H54F2N10O5. The number of ether oxygens (including phenoxy) is 1. The van der Waals surface area contributed by atoms with Crippen LogP contribution in [0.3, 0.4) is 0 Å². The predicted octanol–water partition coefficient (Wildman–Crippen LogP) is 6.06. The molecule has 1 N–H and O–H groups in total. The molecule has 66 heavy (non-hydrogen) atoms. The number of methoxy groups -OCH3 is 1. The van der Waals surface area contributed by atoms with Crippen LogP contribution in [-0.4, -0.2) is 116 Å². The second kappa shape index (κ2) is 16.8. The number of nitrogens with one attached hydrogen (secondary N) is 1. The number of imidazole rings is 1. The molecule has 0 spiro atoms. The lowest BCUT2D eigenvalue weighted by molar-refractivity contribution is -0.137. The Hall–Kier alpha value is -6.36. The molecule has 0 radical (unpaired) electrons. The fourth-order valence-electron chi connectivity index (χ4n) is 11.5. The number of rotatable bonds is 9. The molecule has 5 aromatic rings. The lowest BCUT2D eigenvalue weighted by atomic mass is 9.91. The van der Waals surface area contributed by atoms with E-state index in [-0.39, 0.29) is 35.7 Å². The molecule has 11 rings (SSSR count). The van der Waals surface area contributed by atoms with Gasteiger partial charge in [0.15, 0.2) is 5.82 Å². The first-order chi connectivity index (χ1) is 32.0. The van der Waals surface area contributed by atoms with Crippen molar-refractivity contribution in [2.75, 3.05) is 62.7 Å². The number of alkyl halides is 2. The lowest BCUT2D eigenvalue weighted by Gasteiger charge is -2.35. The summed E-state index contributed by atoms with van der Waals surface area (Å²) in [5.41, 5.74) is 8.05. The van der Waals surface area contributed by atoms with Gasteiger partial charge >= 0.3 is 0 Å². The highest BCUT2D eigenvalue weighted by molar-refractivity contribution is 6.05. The summed E-state index contributed by atoms with van der Waals surface area (Å²) in [5.74, 6) is 0.894. The topological polar surface area (TPSA) is 141 Å². The molecule has 6 aliphatic heterocycles. The molecule has 1 unspecified atom stereocenters. The molecule has 3 fully saturated rings. The number of likely N-dealkylation sites (tertiary alicyclic amines) is 1. The van der Waals surface area contributed by atoms with Crippen LogP contribution in [0.2, 0.25) is 0 Å². The zero-order valence-corrected chi connectivity index (χ0v) is 37.3. The van der Waals surface area contributed by atoms with Crippen molar-refractivity contribution >= 4 is 46.5 Å². The fourth-order valence-corrected chi connectivity index (χ4v) is 11.5. The number of nitrogens with zero attached hydrogens (tertiary/aromatic N) is 9. The van der Waals surface area contributed by atoms with E-state index in [0.29, 0.717) is 73.0 Å². The minimum atomic E-state index is -2.74. The van der Waals surface area contributed by atoms with Crippen molar-refractivity contribution in [3.63, 3.8) is 0 Å². The number of carbonyl (C=O) groups excluding carboxylic acids is 4. The molecule has 9 heterocycles. The standard InChI is InChI=1S/C49H54F2N10O5/c1-29(62)56-18-12-40-39(27-56)47(59-14-3-4-31-21-36(38(46(50)51)22-42(31)59)37-23-44-52-13-19-58(44)28-43(37)66-2)54-61(40)33-10-15-55(16-11-33)24-30-9-17-57(25-30)34-5-6-35-32(20-34)26-60(49(35)65)41-7-8-45(63)53-48(41)64/h5-6,13,19-23,28,30,33,41,46H,3-4,7-12,14-18,24-27H2,1-2H3,(H,53,63,64)/t30-,41?/m1/s1. The molecular weight excluding hydrogens is 847 g/mol. The zero-order chi connectivity index (χ0) is 45.4. The SMILES string of the molecule is COc1cn2ccnc2cc1-c1cc2c(cc1C(F)F)N(c1nn(C3CCN(C[C@H]4CCN(c5ccc6c(c5)CN(C5CCC(=O)NC5=O)C6=O)C4)CC3)c3c1CN(C(C)=O)CC3)CCC2. The van der Waals surface area contributed by atoms with E-state index in [2.05, 4.69) is 35.7 Å². The van der Waals surface area contributed by atoms with E-state index in [4.69, 9.17) is 9.84 Å². The van der Waals surface area contributed by atoms with E-state index in [9.17, 15) is 19.2 Å². The second-order valence-electron chi connectivity index (χ2n) is 18.8. The van der Waals surface area contributed by atoms with E-state index in [1.807, 2.05) is 27.5 Å². The Balaban J connectivity index is 0.795. The monoisotopic (exact) mass is 900 g/mol.